The van der Waals surface area contributed by atoms with E-state index in [4.69, 9.17) is 49.3 Å². The Morgan fingerprint density at radius 2 is 0.800 bits per heavy atom. The van der Waals surface area contributed by atoms with Crippen LogP contribution in [0.15, 0.2) is 84.9 Å². The van der Waals surface area contributed by atoms with Crippen LogP contribution in [-0.4, -0.2) is 105 Å². The van der Waals surface area contributed by atoms with Crippen molar-refractivity contribution >= 4 is 44.1 Å². The van der Waals surface area contributed by atoms with Gasteiger partial charge in [-0.2, -0.15) is 0 Å². The molecule has 330 valence electrons. The van der Waals surface area contributed by atoms with Gasteiger partial charge >= 0.3 is 19.5 Å². The standard InChI is InChI=1S/C50H52N10O2.2HI.Zn/c1-59(25-11-3-12-26-59)29-15-31-61-39-23-24-40(62-32-16-30-60(2)27-13-4-14-28-60)42-41(39)49-56-47-37-21-9-7-19-35(37)45(54-47)52-43-33-17-5-6-18-34(33)44(51-43)53-46-36-20-8-10-22-38(36)48(55-46)57-50(42)58-49;;;/h5-10,17-24H,3-4,11-16,25-32H2,1-2H3;2*1H;/q;;;+2/p-2. The van der Waals surface area contributed by atoms with Gasteiger partial charge in [-0.25, -0.2) is 15.0 Å². The average Bonchev–Trinajstić information content (AvgIpc) is 4.04. The third kappa shape index (κ3) is 9.41. The number of hydrogen-bond acceptors (Lipinski definition) is 8. The zero-order valence-corrected chi connectivity index (χ0v) is 44.4. The molecule has 0 atom stereocenters. The van der Waals surface area contributed by atoms with Crippen molar-refractivity contribution in [2.45, 2.75) is 51.4 Å². The molecule has 0 radical (unpaired) electrons. The van der Waals surface area contributed by atoms with Crippen LogP contribution in [0.5, 0.6) is 11.5 Å². The van der Waals surface area contributed by atoms with Crippen LogP contribution < -0.4 is 67.4 Å². The number of nitrogens with zero attached hydrogens (tertiary/aromatic N) is 10. The van der Waals surface area contributed by atoms with Crippen molar-refractivity contribution < 1.29 is 85.9 Å². The van der Waals surface area contributed by atoms with E-state index >= 15 is 0 Å². The predicted molar refractivity (Wildman–Crippen MR) is 243 cm³/mol. The summed E-state index contributed by atoms with van der Waals surface area (Å²) in [6.45, 7) is 8.19. The molecule has 15 heteroatoms. The van der Waals surface area contributed by atoms with E-state index in [1.165, 1.54) is 64.7 Å². The second-order valence-corrected chi connectivity index (χ2v) is 18.0. The molecule has 65 heavy (non-hydrogen) atoms. The molecule has 4 aliphatic heterocycles. The van der Waals surface area contributed by atoms with E-state index in [0.717, 1.165) is 78.7 Å². The van der Waals surface area contributed by atoms with Crippen molar-refractivity contribution in [2.75, 3.05) is 66.6 Å². The summed E-state index contributed by atoms with van der Waals surface area (Å²) in [6, 6.07) is 28.2. The van der Waals surface area contributed by atoms with Crippen molar-refractivity contribution in [3.8, 4) is 57.1 Å². The van der Waals surface area contributed by atoms with Gasteiger partial charge in [-0.3, -0.25) is 0 Å². The molecule has 4 aliphatic rings. The van der Waals surface area contributed by atoms with E-state index < -0.39 is 0 Å². The summed E-state index contributed by atoms with van der Waals surface area (Å²) in [5, 5.41) is 3.50. The Kier molecular flexibility index (Phi) is 14.5. The van der Waals surface area contributed by atoms with E-state index in [0.29, 0.717) is 70.6 Å². The summed E-state index contributed by atoms with van der Waals surface area (Å²) in [6.07, 6.45) is 9.69. The maximum Gasteiger partial charge on any atom is 2.00 e. The van der Waals surface area contributed by atoms with Crippen LogP contribution in [0.25, 0.3) is 89.7 Å². The first-order valence-corrected chi connectivity index (χ1v) is 22.5. The topological polar surface area (TPSA) is 124 Å². The smallest absolute Gasteiger partial charge is 1.00 e. The molecule has 0 N–H and O–H groups in total. The van der Waals surface area contributed by atoms with Gasteiger partial charge in [-0.05, 0) is 72.2 Å². The number of rotatable bonds is 10. The van der Waals surface area contributed by atoms with E-state index in [-0.39, 0.29) is 67.4 Å². The van der Waals surface area contributed by atoms with E-state index in [9.17, 15) is 0 Å². The molecule has 8 bridgehead atoms. The molecule has 0 saturated carbocycles. The van der Waals surface area contributed by atoms with Crippen molar-refractivity contribution in [2.24, 2.45) is 0 Å². The first-order valence-electron chi connectivity index (χ1n) is 22.5. The van der Waals surface area contributed by atoms with Crippen LogP contribution in [0.3, 0.4) is 0 Å². The van der Waals surface area contributed by atoms with Gasteiger partial charge in [0.25, 0.3) is 0 Å². The molecule has 12 nitrogen and oxygen atoms in total. The summed E-state index contributed by atoms with van der Waals surface area (Å²) in [5.41, 5.74) is 5.34. The second-order valence-electron chi connectivity index (χ2n) is 18.0. The first-order chi connectivity index (χ1) is 30.4. The molecule has 3 aromatic heterocycles. The van der Waals surface area contributed by atoms with Gasteiger partial charge in [0.05, 0.1) is 89.4 Å². The fourth-order valence-electron chi connectivity index (χ4n) is 10.1. The van der Waals surface area contributed by atoms with Crippen LogP contribution >= 0.6 is 0 Å². The number of aromatic nitrogens is 8. The zero-order valence-electron chi connectivity index (χ0n) is 37.1. The van der Waals surface area contributed by atoms with Gasteiger partial charge in [-0.15, -0.1) is 0 Å². The quantitative estimate of drug-likeness (QED) is 0.0876. The molecule has 0 spiro atoms. The Hall–Kier alpha value is -4.16. The van der Waals surface area contributed by atoms with E-state index in [2.05, 4.69) is 14.1 Å². The third-order valence-corrected chi connectivity index (χ3v) is 13.5. The first kappa shape index (κ1) is 47.3. The normalized spacial score (nSPS) is 15.8. The summed E-state index contributed by atoms with van der Waals surface area (Å²) >= 11 is 0. The van der Waals surface area contributed by atoms with Crippen molar-refractivity contribution in [1.29, 1.82) is 0 Å². The van der Waals surface area contributed by atoms with Gasteiger partial charge in [0.2, 0.25) is 0 Å². The Bertz CT molecular complexity index is 3020. The average molecular weight is 1140 g/mol. The number of ether oxygens (including phenoxy) is 2. The van der Waals surface area contributed by atoms with Gasteiger partial charge in [0, 0.05) is 46.6 Å². The molecule has 0 amide bonds. The van der Waals surface area contributed by atoms with Crippen LogP contribution in [0.1, 0.15) is 51.4 Å². The summed E-state index contributed by atoms with van der Waals surface area (Å²) < 4.78 is 15.7. The summed E-state index contributed by atoms with van der Waals surface area (Å²) in [4.78, 5) is 41.2. The summed E-state index contributed by atoms with van der Waals surface area (Å²) in [7, 11) is 4.77. The number of benzene rings is 4. The Morgan fingerprint density at radius 3 is 1.26 bits per heavy atom. The van der Waals surface area contributed by atoms with Crippen molar-refractivity contribution in [3.63, 3.8) is 0 Å². The minimum Gasteiger partial charge on any atom is -1.00 e. The number of piperidine rings is 2. The minimum atomic E-state index is 0. The fourth-order valence-corrected chi connectivity index (χ4v) is 10.1. The molecule has 0 unspecified atom stereocenters. The largest absolute Gasteiger partial charge is 2.00 e. The van der Waals surface area contributed by atoms with Crippen LogP contribution in [0.2, 0.25) is 0 Å². The van der Waals surface area contributed by atoms with E-state index in [1.807, 2.05) is 84.9 Å². The molecule has 11 rings (SSSR count). The van der Waals surface area contributed by atoms with Crippen LogP contribution in [0, 0.1) is 0 Å². The number of likely N-dealkylation sites (tertiary alicyclic amines) is 2. The molecule has 2 fully saturated rings. The van der Waals surface area contributed by atoms with E-state index in [1.54, 1.807) is 0 Å². The molecular weight excluding hydrogens is 1090 g/mol. The molecule has 7 heterocycles. The number of fused-ring (bicyclic) bond motifs is 20. The van der Waals surface area contributed by atoms with Crippen LogP contribution in [0.4, 0.5) is 0 Å². The third-order valence-electron chi connectivity index (χ3n) is 13.5. The zero-order chi connectivity index (χ0) is 41.7. The van der Waals surface area contributed by atoms with Gasteiger partial charge in [0.1, 0.15) is 11.5 Å². The maximum atomic E-state index is 6.77. The number of quaternary nitrogens is 2. The van der Waals surface area contributed by atoms with Crippen molar-refractivity contribution in [1.82, 2.24) is 39.9 Å². The number of halogens is 2. The van der Waals surface area contributed by atoms with Gasteiger partial charge in [-0.1, -0.05) is 72.8 Å². The van der Waals surface area contributed by atoms with Gasteiger partial charge < -0.3 is 91.3 Å². The number of hydrogen-bond donors (Lipinski definition) is 0. The molecule has 2 saturated heterocycles. The maximum absolute atomic E-state index is 6.77. The Morgan fingerprint density at radius 1 is 0.446 bits per heavy atom. The van der Waals surface area contributed by atoms with Crippen molar-refractivity contribution in [3.05, 3.63) is 84.9 Å². The Balaban J connectivity index is 0.00000192. The second kappa shape index (κ2) is 20.0. The monoisotopic (exact) mass is 1140 g/mol. The molecular formula is C50H52I2N10O2Zn. The summed E-state index contributed by atoms with van der Waals surface area (Å²) in [5.74, 6) is 3.35. The molecule has 4 aromatic carbocycles. The Labute approximate surface area is 426 Å². The minimum absolute atomic E-state index is 0. The predicted octanol–water partition coefficient (Wildman–Crippen LogP) is 2.93. The SMILES string of the molecule is C[N+]1(CCCOc2ccc(OCCC[N+]3(C)CCCCC3)c3c2-c2nc4nc(nc5[n-]c(nc6[n-]c(nc-3n2)c2ccccc62)c2ccccc52)-c2ccccc2-4)CCCCC1.[I-].[I-].[Zn+2]. The fraction of sp³-hybridized carbons (Fsp3) is 0.360. The van der Waals surface area contributed by atoms with Gasteiger partial charge in [0.15, 0.2) is 11.6 Å². The van der Waals surface area contributed by atoms with Crippen LogP contribution in [-0.2, 0) is 19.5 Å². The molecule has 7 aromatic rings. The molecule has 0 aliphatic carbocycles.